The number of anilines is 1. The predicted octanol–water partition coefficient (Wildman–Crippen LogP) is 1.95. The van der Waals surface area contributed by atoms with Gasteiger partial charge in [0.1, 0.15) is 0 Å². The Hall–Kier alpha value is -1.35. The Kier molecular flexibility index (Phi) is 2.26. The molecule has 0 saturated heterocycles. The van der Waals surface area contributed by atoms with E-state index in [1.165, 1.54) is 11.1 Å². The summed E-state index contributed by atoms with van der Waals surface area (Å²) in [6, 6.07) is 6.47. The van der Waals surface area contributed by atoms with Gasteiger partial charge in [0.05, 0.1) is 0 Å². The first kappa shape index (κ1) is 10.8. The fourth-order valence-electron chi connectivity index (χ4n) is 2.93. The van der Waals surface area contributed by atoms with Crippen molar-refractivity contribution >= 4 is 11.6 Å². The lowest BCUT2D eigenvalue weighted by Gasteiger charge is -2.27. The van der Waals surface area contributed by atoms with Gasteiger partial charge >= 0.3 is 0 Å². The molecule has 1 aromatic carbocycles. The number of carbonyl (C=O) groups is 1. The van der Waals surface area contributed by atoms with Crippen LogP contribution in [0.15, 0.2) is 18.2 Å². The van der Waals surface area contributed by atoms with E-state index in [0.29, 0.717) is 6.42 Å². The van der Waals surface area contributed by atoms with Crippen LogP contribution in [0.4, 0.5) is 5.69 Å². The second-order valence-corrected chi connectivity index (χ2v) is 5.33. The number of para-hydroxylation sites is 1. The standard InChI is InChI=1S/C14H18N2O/c1-9(15)14(7-8-14)11-4-2-3-10-5-6-12(17)16-13(10)11/h2-4,9H,5-8,15H2,1H3,(H,16,17). The number of rotatable bonds is 2. The van der Waals surface area contributed by atoms with Gasteiger partial charge in [0, 0.05) is 23.6 Å². The molecule has 0 radical (unpaired) electrons. The van der Waals surface area contributed by atoms with Crippen molar-refractivity contribution in [1.82, 2.24) is 0 Å². The summed E-state index contributed by atoms with van der Waals surface area (Å²) in [6.07, 6.45) is 3.72. The molecule has 1 saturated carbocycles. The van der Waals surface area contributed by atoms with Gasteiger partial charge in [0.2, 0.25) is 5.91 Å². The summed E-state index contributed by atoms with van der Waals surface area (Å²) >= 11 is 0. The molecule has 3 nitrogen and oxygen atoms in total. The molecule has 1 heterocycles. The van der Waals surface area contributed by atoms with Gasteiger partial charge in [-0.2, -0.15) is 0 Å². The van der Waals surface area contributed by atoms with Gasteiger partial charge in [-0.05, 0) is 37.3 Å². The van der Waals surface area contributed by atoms with Gasteiger partial charge in [0.15, 0.2) is 0 Å². The lowest BCUT2D eigenvalue weighted by molar-refractivity contribution is -0.116. The first-order valence-electron chi connectivity index (χ1n) is 6.31. The largest absolute Gasteiger partial charge is 0.327 e. The van der Waals surface area contributed by atoms with Crippen molar-refractivity contribution in [3.63, 3.8) is 0 Å². The fourth-order valence-corrected chi connectivity index (χ4v) is 2.93. The fraction of sp³-hybridized carbons (Fsp3) is 0.500. The third kappa shape index (κ3) is 1.57. The summed E-state index contributed by atoms with van der Waals surface area (Å²) < 4.78 is 0. The van der Waals surface area contributed by atoms with Gasteiger partial charge in [-0.3, -0.25) is 4.79 Å². The molecule has 1 aliphatic carbocycles. The summed E-state index contributed by atoms with van der Waals surface area (Å²) in [4.78, 5) is 11.6. The number of nitrogens with two attached hydrogens (primary N) is 1. The zero-order valence-electron chi connectivity index (χ0n) is 10.1. The number of nitrogens with one attached hydrogen (secondary N) is 1. The highest BCUT2D eigenvalue weighted by Gasteiger charge is 2.49. The van der Waals surface area contributed by atoms with E-state index in [1.54, 1.807) is 0 Å². The second-order valence-electron chi connectivity index (χ2n) is 5.33. The lowest BCUT2D eigenvalue weighted by atomic mass is 9.85. The van der Waals surface area contributed by atoms with Crippen LogP contribution < -0.4 is 11.1 Å². The molecule has 17 heavy (non-hydrogen) atoms. The number of amides is 1. The number of hydrogen-bond acceptors (Lipinski definition) is 2. The first-order chi connectivity index (χ1) is 8.13. The normalized spacial score (nSPS) is 22.6. The third-order valence-corrected chi connectivity index (χ3v) is 4.23. The molecule has 90 valence electrons. The van der Waals surface area contributed by atoms with E-state index in [-0.39, 0.29) is 17.4 Å². The van der Waals surface area contributed by atoms with Crippen molar-refractivity contribution in [2.45, 2.75) is 44.1 Å². The Morgan fingerprint density at radius 2 is 2.12 bits per heavy atom. The first-order valence-corrected chi connectivity index (χ1v) is 6.31. The topological polar surface area (TPSA) is 55.1 Å². The smallest absolute Gasteiger partial charge is 0.224 e. The highest BCUT2D eigenvalue weighted by atomic mass is 16.1. The highest BCUT2D eigenvalue weighted by molar-refractivity contribution is 5.95. The van der Waals surface area contributed by atoms with Gasteiger partial charge < -0.3 is 11.1 Å². The molecule has 1 aliphatic heterocycles. The molecular formula is C14H18N2O. The molecule has 0 spiro atoms. The van der Waals surface area contributed by atoms with E-state index >= 15 is 0 Å². The van der Waals surface area contributed by atoms with Crippen LogP contribution in [0, 0.1) is 0 Å². The van der Waals surface area contributed by atoms with E-state index in [2.05, 4.69) is 30.4 Å². The number of aryl methyl sites for hydroxylation is 1. The molecule has 1 aromatic rings. The molecule has 2 aliphatic rings. The maximum absolute atomic E-state index is 11.6. The molecule has 3 N–H and O–H groups in total. The summed E-state index contributed by atoms with van der Waals surface area (Å²) in [5.41, 5.74) is 9.77. The minimum absolute atomic E-state index is 0.107. The minimum Gasteiger partial charge on any atom is -0.327 e. The minimum atomic E-state index is 0.107. The average Bonchev–Trinajstić information content (AvgIpc) is 3.09. The Bertz CT molecular complexity index is 475. The maximum Gasteiger partial charge on any atom is 0.224 e. The molecule has 3 heteroatoms. The molecule has 1 amide bonds. The van der Waals surface area contributed by atoms with Gasteiger partial charge in [0.25, 0.3) is 0 Å². The summed E-state index contributed by atoms with van der Waals surface area (Å²) in [7, 11) is 0. The molecule has 1 atom stereocenters. The van der Waals surface area contributed by atoms with Crippen LogP contribution in [0.1, 0.15) is 37.3 Å². The zero-order valence-corrected chi connectivity index (χ0v) is 10.1. The van der Waals surface area contributed by atoms with Crippen LogP contribution in [0.2, 0.25) is 0 Å². The van der Waals surface area contributed by atoms with Crippen LogP contribution >= 0.6 is 0 Å². The van der Waals surface area contributed by atoms with Crippen LogP contribution in [0.5, 0.6) is 0 Å². The van der Waals surface area contributed by atoms with Crippen LogP contribution in [0.3, 0.4) is 0 Å². The molecule has 3 rings (SSSR count). The monoisotopic (exact) mass is 230 g/mol. The van der Waals surface area contributed by atoms with Crippen LogP contribution in [-0.2, 0) is 16.6 Å². The zero-order chi connectivity index (χ0) is 12.0. The highest BCUT2D eigenvalue weighted by Crippen LogP contribution is 2.53. The third-order valence-electron chi connectivity index (χ3n) is 4.23. The molecule has 0 aromatic heterocycles. The van der Waals surface area contributed by atoms with E-state index in [1.807, 2.05) is 0 Å². The van der Waals surface area contributed by atoms with E-state index in [9.17, 15) is 4.79 Å². The van der Waals surface area contributed by atoms with Crippen molar-refractivity contribution in [3.8, 4) is 0 Å². The average molecular weight is 230 g/mol. The van der Waals surface area contributed by atoms with Crippen molar-refractivity contribution in [2.24, 2.45) is 5.73 Å². The van der Waals surface area contributed by atoms with Crippen LogP contribution in [-0.4, -0.2) is 11.9 Å². The maximum atomic E-state index is 11.6. The lowest BCUT2D eigenvalue weighted by Crippen LogP contribution is -2.33. The molecule has 1 fully saturated rings. The molecular weight excluding hydrogens is 212 g/mol. The molecule has 1 unspecified atom stereocenters. The van der Waals surface area contributed by atoms with Gasteiger partial charge in [-0.25, -0.2) is 0 Å². The van der Waals surface area contributed by atoms with Crippen molar-refractivity contribution in [2.75, 3.05) is 5.32 Å². The Labute approximate surface area is 101 Å². The number of fused-ring (bicyclic) bond motifs is 1. The Morgan fingerprint density at radius 1 is 1.35 bits per heavy atom. The number of hydrogen-bond donors (Lipinski definition) is 2. The molecule has 0 bridgehead atoms. The van der Waals surface area contributed by atoms with Crippen molar-refractivity contribution in [1.29, 1.82) is 0 Å². The summed E-state index contributed by atoms with van der Waals surface area (Å²) in [5, 5.41) is 3.03. The number of carbonyl (C=O) groups excluding carboxylic acids is 1. The number of benzene rings is 1. The van der Waals surface area contributed by atoms with Gasteiger partial charge in [-0.1, -0.05) is 18.2 Å². The summed E-state index contributed by atoms with van der Waals surface area (Å²) in [5.74, 6) is 0.130. The summed E-state index contributed by atoms with van der Waals surface area (Å²) in [6.45, 7) is 2.07. The van der Waals surface area contributed by atoms with Crippen LogP contribution in [0.25, 0.3) is 0 Å². The SMILES string of the molecule is CC(N)C1(c2cccc3c2NC(=O)CC3)CC1. The van der Waals surface area contributed by atoms with E-state index < -0.39 is 0 Å². The second kappa shape index (κ2) is 3.57. The van der Waals surface area contributed by atoms with E-state index in [4.69, 9.17) is 5.73 Å². The van der Waals surface area contributed by atoms with Crippen molar-refractivity contribution < 1.29 is 4.79 Å². The van der Waals surface area contributed by atoms with Gasteiger partial charge in [-0.15, -0.1) is 0 Å². The Balaban J connectivity index is 2.09. The van der Waals surface area contributed by atoms with Crippen molar-refractivity contribution in [3.05, 3.63) is 29.3 Å². The predicted molar refractivity (Wildman–Crippen MR) is 68.0 cm³/mol. The van der Waals surface area contributed by atoms with E-state index in [0.717, 1.165) is 24.9 Å². The Morgan fingerprint density at radius 3 is 2.76 bits per heavy atom. The quantitative estimate of drug-likeness (QED) is 0.816.